The molecule has 0 saturated carbocycles. The zero-order valence-electron chi connectivity index (χ0n) is 13.1. The number of carbonyl (C=O) groups excluding carboxylic acids is 1. The van der Waals surface area contributed by atoms with Crippen LogP contribution in [0.3, 0.4) is 0 Å². The molecule has 21 heavy (non-hydrogen) atoms. The quantitative estimate of drug-likeness (QED) is 0.838. The molecule has 3 fully saturated rings. The van der Waals surface area contributed by atoms with Crippen LogP contribution >= 0.6 is 0 Å². The summed E-state index contributed by atoms with van der Waals surface area (Å²) in [5.74, 6) is 0.285. The van der Waals surface area contributed by atoms with Crippen LogP contribution in [0.1, 0.15) is 38.5 Å². The molecule has 0 unspecified atom stereocenters. The summed E-state index contributed by atoms with van der Waals surface area (Å²) in [4.78, 5) is 17.6. The van der Waals surface area contributed by atoms with Gasteiger partial charge in [0, 0.05) is 38.9 Å². The third-order valence-electron chi connectivity index (χ3n) is 5.70. The minimum atomic E-state index is -0.348. The van der Waals surface area contributed by atoms with Gasteiger partial charge in [0.2, 0.25) is 5.91 Å². The van der Waals surface area contributed by atoms with E-state index >= 15 is 0 Å². The second kappa shape index (κ2) is 6.63. The molecule has 3 rings (SSSR count). The lowest BCUT2D eigenvalue weighted by molar-refractivity contribution is -0.148. The molecule has 0 atom stereocenters. The van der Waals surface area contributed by atoms with Crippen molar-refractivity contribution in [2.24, 2.45) is 11.1 Å². The molecule has 0 radical (unpaired) electrons. The minimum Gasteiger partial charge on any atom is -0.381 e. The van der Waals surface area contributed by atoms with E-state index in [1.807, 2.05) is 0 Å². The lowest BCUT2D eigenvalue weighted by Crippen LogP contribution is -2.54. The van der Waals surface area contributed by atoms with Crippen LogP contribution in [-0.2, 0) is 9.53 Å². The highest BCUT2D eigenvalue weighted by molar-refractivity contribution is 5.83. The minimum absolute atomic E-state index is 0.285. The Balaban J connectivity index is 1.56. The number of carbonyl (C=O) groups is 1. The Morgan fingerprint density at radius 3 is 2.29 bits per heavy atom. The number of hydrogen-bond donors (Lipinski definition) is 1. The van der Waals surface area contributed by atoms with Crippen LogP contribution in [-0.4, -0.2) is 67.7 Å². The summed E-state index contributed by atoms with van der Waals surface area (Å²) in [6, 6.07) is 0.695. The van der Waals surface area contributed by atoms with Crippen molar-refractivity contribution in [1.29, 1.82) is 0 Å². The van der Waals surface area contributed by atoms with Gasteiger partial charge in [0.15, 0.2) is 0 Å². The fourth-order valence-corrected chi connectivity index (χ4v) is 4.14. The van der Waals surface area contributed by atoms with E-state index < -0.39 is 0 Å². The fourth-order valence-electron chi connectivity index (χ4n) is 4.14. The van der Waals surface area contributed by atoms with E-state index in [1.165, 1.54) is 25.9 Å². The Bertz CT molecular complexity index is 355. The second-order valence-corrected chi connectivity index (χ2v) is 6.86. The molecule has 0 bridgehead atoms. The average molecular weight is 295 g/mol. The third kappa shape index (κ3) is 3.10. The van der Waals surface area contributed by atoms with Crippen LogP contribution < -0.4 is 5.73 Å². The largest absolute Gasteiger partial charge is 0.381 e. The Hall–Kier alpha value is -0.650. The van der Waals surface area contributed by atoms with E-state index in [4.69, 9.17) is 10.5 Å². The van der Waals surface area contributed by atoms with Gasteiger partial charge in [-0.3, -0.25) is 4.79 Å². The Labute approximate surface area is 127 Å². The molecule has 0 aromatic carbocycles. The van der Waals surface area contributed by atoms with Crippen molar-refractivity contribution in [3.63, 3.8) is 0 Å². The van der Waals surface area contributed by atoms with Crippen LogP contribution in [0.4, 0.5) is 0 Å². The molecule has 120 valence electrons. The molecule has 3 heterocycles. The van der Waals surface area contributed by atoms with E-state index in [9.17, 15) is 4.79 Å². The molecule has 0 aromatic rings. The monoisotopic (exact) mass is 295 g/mol. The molecule has 3 aliphatic heterocycles. The first-order chi connectivity index (χ1) is 10.2. The third-order valence-corrected chi connectivity index (χ3v) is 5.70. The number of nitrogens with two attached hydrogens (primary N) is 1. The van der Waals surface area contributed by atoms with Gasteiger partial charge in [-0.1, -0.05) is 0 Å². The predicted molar refractivity (Wildman–Crippen MR) is 81.9 cm³/mol. The average Bonchev–Trinajstić information content (AvgIpc) is 3.09. The van der Waals surface area contributed by atoms with Gasteiger partial charge >= 0.3 is 0 Å². The maximum atomic E-state index is 12.9. The topological polar surface area (TPSA) is 58.8 Å². The molecule has 0 aromatic heterocycles. The number of nitrogens with zero attached hydrogens (tertiary/aromatic N) is 2. The summed E-state index contributed by atoms with van der Waals surface area (Å²) in [5.41, 5.74) is 5.61. The number of ether oxygens (including phenoxy) is 1. The van der Waals surface area contributed by atoms with E-state index in [1.54, 1.807) is 0 Å². The molecule has 0 spiro atoms. The molecule has 1 amide bonds. The van der Waals surface area contributed by atoms with Crippen LogP contribution in [0.25, 0.3) is 0 Å². The Morgan fingerprint density at radius 1 is 1.10 bits per heavy atom. The van der Waals surface area contributed by atoms with Crippen LogP contribution in [0, 0.1) is 5.41 Å². The van der Waals surface area contributed by atoms with Crippen LogP contribution in [0.5, 0.6) is 0 Å². The first kappa shape index (κ1) is 15.3. The highest BCUT2D eigenvalue weighted by atomic mass is 16.5. The van der Waals surface area contributed by atoms with Gasteiger partial charge in [0.25, 0.3) is 0 Å². The molecule has 5 nitrogen and oxygen atoms in total. The first-order valence-electron chi connectivity index (χ1n) is 8.56. The molecular weight excluding hydrogens is 266 g/mol. The lowest BCUT2D eigenvalue weighted by atomic mass is 9.78. The molecule has 3 aliphatic rings. The summed E-state index contributed by atoms with van der Waals surface area (Å²) in [7, 11) is 0. The van der Waals surface area contributed by atoms with Crippen molar-refractivity contribution < 1.29 is 9.53 Å². The summed E-state index contributed by atoms with van der Waals surface area (Å²) < 4.78 is 5.42. The van der Waals surface area contributed by atoms with E-state index in [0.29, 0.717) is 25.8 Å². The summed E-state index contributed by atoms with van der Waals surface area (Å²) in [6.07, 6.45) is 6.51. The van der Waals surface area contributed by atoms with Gasteiger partial charge in [-0.2, -0.15) is 0 Å². The van der Waals surface area contributed by atoms with Gasteiger partial charge in [-0.05, 0) is 51.6 Å². The number of piperidine rings is 1. The summed E-state index contributed by atoms with van der Waals surface area (Å²) in [6.45, 7) is 6.12. The molecular formula is C16H29N3O2. The smallest absolute Gasteiger partial charge is 0.230 e. The van der Waals surface area contributed by atoms with Crippen molar-refractivity contribution in [3.05, 3.63) is 0 Å². The molecule has 3 saturated heterocycles. The lowest BCUT2D eigenvalue weighted by Gasteiger charge is -2.42. The fraction of sp³-hybridized carbons (Fsp3) is 0.938. The molecule has 2 N–H and O–H groups in total. The maximum absolute atomic E-state index is 12.9. The molecule has 5 heteroatoms. The number of likely N-dealkylation sites (tertiary alicyclic amines) is 2. The SMILES string of the molecule is NCC1(C(=O)N2CCC(N3CCCC3)CC2)CCOCC1. The van der Waals surface area contributed by atoms with Crippen molar-refractivity contribution >= 4 is 5.91 Å². The maximum Gasteiger partial charge on any atom is 0.230 e. The number of hydrogen-bond acceptors (Lipinski definition) is 4. The number of amides is 1. The van der Waals surface area contributed by atoms with Gasteiger partial charge in [-0.25, -0.2) is 0 Å². The van der Waals surface area contributed by atoms with Gasteiger partial charge in [-0.15, -0.1) is 0 Å². The Kier molecular flexibility index (Phi) is 4.82. The predicted octanol–water partition coefficient (Wildman–Crippen LogP) is 0.829. The van der Waals surface area contributed by atoms with Gasteiger partial charge < -0.3 is 20.3 Å². The zero-order chi connectivity index (χ0) is 14.7. The Morgan fingerprint density at radius 2 is 1.71 bits per heavy atom. The summed E-state index contributed by atoms with van der Waals surface area (Å²) in [5, 5.41) is 0. The van der Waals surface area contributed by atoms with Crippen LogP contribution in [0.2, 0.25) is 0 Å². The first-order valence-corrected chi connectivity index (χ1v) is 8.56. The van der Waals surface area contributed by atoms with E-state index in [2.05, 4.69) is 9.80 Å². The second-order valence-electron chi connectivity index (χ2n) is 6.86. The van der Waals surface area contributed by atoms with E-state index in [0.717, 1.165) is 38.8 Å². The van der Waals surface area contributed by atoms with Crippen molar-refractivity contribution in [2.45, 2.75) is 44.6 Å². The summed E-state index contributed by atoms with van der Waals surface area (Å²) >= 11 is 0. The zero-order valence-corrected chi connectivity index (χ0v) is 13.1. The highest BCUT2D eigenvalue weighted by Gasteiger charge is 2.42. The standard InChI is InChI=1S/C16H29N3O2/c17-13-16(5-11-21-12-6-16)15(20)19-9-3-14(4-10-19)18-7-1-2-8-18/h14H,1-13,17H2. The van der Waals surface area contributed by atoms with Crippen molar-refractivity contribution in [3.8, 4) is 0 Å². The molecule has 0 aliphatic carbocycles. The highest BCUT2D eigenvalue weighted by Crippen LogP contribution is 2.33. The normalized spacial score (nSPS) is 28.0. The van der Waals surface area contributed by atoms with E-state index in [-0.39, 0.29) is 11.3 Å². The van der Waals surface area contributed by atoms with Crippen molar-refractivity contribution in [2.75, 3.05) is 45.9 Å². The van der Waals surface area contributed by atoms with Crippen LogP contribution in [0.15, 0.2) is 0 Å². The van der Waals surface area contributed by atoms with Gasteiger partial charge in [0.05, 0.1) is 5.41 Å². The van der Waals surface area contributed by atoms with Gasteiger partial charge in [0.1, 0.15) is 0 Å². The van der Waals surface area contributed by atoms with Crippen molar-refractivity contribution in [1.82, 2.24) is 9.80 Å². The number of rotatable bonds is 3.